The molecule has 1 aliphatic rings. The molecule has 0 aromatic carbocycles. The van der Waals surface area contributed by atoms with Crippen LogP contribution in [0.1, 0.15) is 29.4 Å². The predicted octanol–water partition coefficient (Wildman–Crippen LogP) is 1.14. The van der Waals surface area contributed by atoms with E-state index in [4.69, 9.17) is 23.5 Å². The largest absolute Gasteiger partial charge is 0.433 e. The van der Waals surface area contributed by atoms with Crippen molar-refractivity contribution in [3.63, 3.8) is 0 Å². The van der Waals surface area contributed by atoms with Crippen molar-refractivity contribution in [2.75, 3.05) is 22.6 Å². The van der Waals surface area contributed by atoms with Gasteiger partial charge in [-0.3, -0.25) is 14.5 Å². The van der Waals surface area contributed by atoms with Crippen LogP contribution in [0.3, 0.4) is 0 Å². The summed E-state index contributed by atoms with van der Waals surface area (Å²) in [7, 11) is 19.3. The lowest BCUT2D eigenvalue weighted by Crippen LogP contribution is -2.46. The van der Waals surface area contributed by atoms with Crippen LogP contribution in [0.25, 0.3) is 0 Å². The van der Waals surface area contributed by atoms with E-state index in [2.05, 4.69) is 30.7 Å². The smallest absolute Gasteiger partial charge is 0.350 e. The van der Waals surface area contributed by atoms with Crippen molar-refractivity contribution in [3.05, 3.63) is 53.2 Å². The molecular weight excluding hydrogens is 458 g/mol. The van der Waals surface area contributed by atoms with Gasteiger partial charge in [-0.15, -0.1) is 0 Å². The van der Waals surface area contributed by atoms with Gasteiger partial charge in [-0.05, 0) is 18.6 Å². The predicted molar refractivity (Wildman–Crippen MR) is 125 cm³/mol. The maximum Gasteiger partial charge on any atom is 0.433 e. The number of nitrogens with zero attached hydrogens (tertiary/aromatic N) is 6. The highest BCUT2D eigenvalue weighted by atomic mass is 19.4. The maximum absolute atomic E-state index is 12.7. The minimum absolute atomic E-state index is 0.0580. The zero-order valence-corrected chi connectivity index (χ0v) is 18.8. The highest BCUT2D eigenvalue weighted by Gasteiger charge is 2.34. The molecule has 174 valence electrons. The van der Waals surface area contributed by atoms with Gasteiger partial charge < -0.3 is 15.5 Å². The summed E-state index contributed by atoms with van der Waals surface area (Å²) in [6.45, 7) is 2.22. The highest BCUT2D eigenvalue weighted by Crippen LogP contribution is 2.35. The third-order valence-electron chi connectivity index (χ3n) is 5.44. The molecule has 1 aliphatic heterocycles. The lowest BCUT2D eigenvalue weighted by molar-refractivity contribution is -0.141. The number of aromatic nitrogens is 5. The second kappa shape index (κ2) is 8.93. The lowest BCUT2D eigenvalue weighted by atomic mass is 9.41. The van der Waals surface area contributed by atoms with Crippen LogP contribution in [0, 0.1) is 0 Å². The van der Waals surface area contributed by atoms with Crippen LogP contribution < -0.4 is 15.5 Å². The molecule has 0 spiro atoms. The Morgan fingerprint density at radius 2 is 1.89 bits per heavy atom. The Hall–Kier alpha value is -3.51. The van der Waals surface area contributed by atoms with Gasteiger partial charge in [-0.25, -0.2) is 4.98 Å². The van der Waals surface area contributed by atoms with E-state index >= 15 is 0 Å². The Kier molecular flexibility index (Phi) is 6.28. The molecular formula is C20H18B3F3N8O. The van der Waals surface area contributed by atoms with Crippen molar-refractivity contribution in [2.45, 2.75) is 37.3 Å². The van der Waals surface area contributed by atoms with Gasteiger partial charge in [-0.2, -0.15) is 23.3 Å². The van der Waals surface area contributed by atoms with Crippen molar-refractivity contribution in [2.24, 2.45) is 0 Å². The second-order valence-corrected chi connectivity index (χ2v) is 8.25. The monoisotopic (exact) mass is 476 g/mol. The van der Waals surface area contributed by atoms with E-state index in [1.807, 2.05) is 0 Å². The van der Waals surface area contributed by atoms with E-state index in [1.54, 1.807) is 35.9 Å². The zero-order chi connectivity index (χ0) is 25.5. The molecule has 4 heterocycles. The molecule has 2 N–H and O–H groups in total. The van der Waals surface area contributed by atoms with Crippen molar-refractivity contribution < 1.29 is 18.0 Å². The molecule has 1 atom stereocenters. The third kappa shape index (κ3) is 5.28. The van der Waals surface area contributed by atoms with Gasteiger partial charge >= 0.3 is 6.18 Å². The SMILES string of the molecule is [B]C([B])([B])c1nc(NCc2cnn(Cc3ccc(C(F)(F)F)nc3)c2)nc2c1NC(=O)[C@H](C)N2C. The van der Waals surface area contributed by atoms with Gasteiger partial charge in [-0.1, -0.05) is 11.2 Å². The number of anilines is 3. The van der Waals surface area contributed by atoms with Gasteiger partial charge in [0.1, 0.15) is 17.4 Å². The van der Waals surface area contributed by atoms with E-state index in [0.29, 0.717) is 11.4 Å². The third-order valence-corrected chi connectivity index (χ3v) is 5.44. The summed E-state index contributed by atoms with van der Waals surface area (Å²) in [6.07, 6.45) is -0.00771. The fourth-order valence-electron chi connectivity index (χ4n) is 3.44. The summed E-state index contributed by atoms with van der Waals surface area (Å²) < 4.78 is 39.6. The van der Waals surface area contributed by atoms with Gasteiger partial charge in [0.05, 0.1) is 42.0 Å². The number of rotatable bonds is 6. The van der Waals surface area contributed by atoms with Gasteiger partial charge in [0.2, 0.25) is 11.9 Å². The fourth-order valence-corrected chi connectivity index (χ4v) is 3.44. The molecule has 3 aromatic rings. The molecule has 0 saturated heterocycles. The van der Waals surface area contributed by atoms with E-state index in [0.717, 1.165) is 11.6 Å². The number of alkyl halides is 3. The highest BCUT2D eigenvalue weighted by molar-refractivity contribution is 6.59. The molecule has 6 radical (unpaired) electrons. The van der Waals surface area contributed by atoms with Crippen LogP contribution in [-0.4, -0.2) is 67.3 Å². The normalized spacial score (nSPS) is 16.1. The number of fused-ring (bicyclic) bond motifs is 1. The molecule has 0 aliphatic carbocycles. The summed E-state index contributed by atoms with van der Waals surface area (Å²) in [5, 5.41) is 8.14. The first-order chi connectivity index (χ1) is 16.3. The molecule has 3 aromatic heterocycles. The van der Waals surface area contributed by atoms with Crippen molar-refractivity contribution in [3.8, 4) is 0 Å². The summed E-state index contributed by atoms with van der Waals surface area (Å²) in [6, 6.07) is 1.80. The van der Waals surface area contributed by atoms with E-state index in [1.165, 1.54) is 12.3 Å². The Morgan fingerprint density at radius 1 is 1.14 bits per heavy atom. The number of halogens is 3. The summed E-state index contributed by atoms with van der Waals surface area (Å²) in [5.41, 5.74) is 0.663. The molecule has 0 unspecified atom stereocenters. The molecule has 0 fully saturated rings. The summed E-state index contributed by atoms with van der Waals surface area (Å²) in [4.78, 5) is 26.1. The average molecular weight is 476 g/mol. The van der Waals surface area contributed by atoms with Crippen molar-refractivity contribution >= 4 is 46.9 Å². The minimum Gasteiger partial charge on any atom is -0.350 e. The first kappa shape index (κ1) is 24.6. The zero-order valence-electron chi connectivity index (χ0n) is 18.8. The van der Waals surface area contributed by atoms with E-state index in [9.17, 15) is 18.0 Å². The molecule has 9 nitrogen and oxygen atoms in total. The Bertz CT molecular complexity index is 1240. The average Bonchev–Trinajstić information content (AvgIpc) is 3.22. The number of nitrogens with one attached hydrogen (secondary N) is 2. The number of carbonyl (C=O) groups is 1. The number of carbonyl (C=O) groups excluding carboxylic acids is 1. The topological polar surface area (TPSA) is 101 Å². The van der Waals surface area contributed by atoms with Crippen LogP contribution in [0.4, 0.5) is 30.6 Å². The van der Waals surface area contributed by atoms with Crippen LogP contribution in [0.5, 0.6) is 0 Å². The number of likely N-dealkylation sites (N-methyl/N-ethyl adjacent to an activating group) is 1. The first-order valence-corrected chi connectivity index (χ1v) is 10.4. The summed E-state index contributed by atoms with van der Waals surface area (Å²) >= 11 is 0. The number of hydrogen-bond acceptors (Lipinski definition) is 7. The van der Waals surface area contributed by atoms with Gasteiger partial charge in [0, 0.05) is 31.5 Å². The van der Waals surface area contributed by atoms with Crippen LogP contribution in [0.15, 0.2) is 30.7 Å². The quantitative estimate of drug-likeness (QED) is 0.516. The van der Waals surface area contributed by atoms with Crippen molar-refractivity contribution in [1.29, 1.82) is 0 Å². The van der Waals surface area contributed by atoms with Crippen LogP contribution in [-0.2, 0) is 29.2 Å². The molecule has 0 bridgehead atoms. The van der Waals surface area contributed by atoms with E-state index in [-0.39, 0.29) is 36.3 Å². The Balaban J connectivity index is 1.49. The molecule has 1 amide bonds. The van der Waals surface area contributed by atoms with Gasteiger partial charge in [0.25, 0.3) is 0 Å². The second-order valence-electron chi connectivity index (χ2n) is 8.25. The summed E-state index contributed by atoms with van der Waals surface area (Å²) in [5.74, 6) is 0.311. The molecule has 35 heavy (non-hydrogen) atoms. The molecule has 15 heteroatoms. The van der Waals surface area contributed by atoms with Crippen LogP contribution >= 0.6 is 0 Å². The van der Waals surface area contributed by atoms with Crippen molar-refractivity contribution in [1.82, 2.24) is 24.7 Å². The minimum atomic E-state index is -4.49. The molecule has 4 rings (SSSR count). The fraction of sp³-hybridized carbons (Fsp3) is 0.350. The Morgan fingerprint density at radius 3 is 2.51 bits per heavy atom. The maximum atomic E-state index is 12.7. The number of amides is 1. The van der Waals surface area contributed by atoms with E-state index < -0.39 is 23.0 Å². The number of pyridine rings is 1. The first-order valence-electron chi connectivity index (χ1n) is 10.4. The lowest BCUT2D eigenvalue weighted by Gasteiger charge is -2.35. The Labute approximate surface area is 203 Å². The number of hydrogen-bond donors (Lipinski definition) is 2. The van der Waals surface area contributed by atoms with Crippen LogP contribution in [0.2, 0.25) is 0 Å². The van der Waals surface area contributed by atoms with Gasteiger partial charge in [0.15, 0.2) is 5.82 Å². The standard InChI is InChI=1S/C20H18B3F3N8O/c1-10-17(35)30-14-15(19(21,22)23)31-18(32-16(14)33(10)2)28-6-12-7-29-34(9-12)8-11-3-4-13(27-5-11)20(24,25)26/h3-5,7,9-10H,6,8H2,1-2H3,(H,30,35)(H,28,31,32)/t10-/m0/s1. The molecule has 0 saturated carbocycles.